The van der Waals surface area contributed by atoms with Gasteiger partial charge >= 0.3 is 6.03 Å². The maximum atomic E-state index is 12.3. The number of urea groups is 1. The van der Waals surface area contributed by atoms with Crippen LogP contribution in [0.3, 0.4) is 0 Å². The smallest absolute Gasteiger partial charge is 0.315 e. The lowest BCUT2D eigenvalue weighted by molar-refractivity contribution is -0.118. The minimum Gasteiger partial charge on any atom is -0.467 e. The van der Waals surface area contributed by atoms with Crippen LogP contribution in [0.1, 0.15) is 12.2 Å². The molecule has 0 bridgehead atoms. The Kier molecular flexibility index (Phi) is 4.09. The lowest BCUT2D eigenvalue weighted by Crippen LogP contribution is -2.45. The van der Waals surface area contributed by atoms with Crippen LogP contribution in [0.4, 0.5) is 10.5 Å². The fraction of sp³-hybridized carbons (Fsp3) is 0.250. The molecule has 0 aliphatic carbocycles. The molecule has 3 amide bonds. The molecule has 1 aromatic carbocycles. The largest absolute Gasteiger partial charge is 0.467 e. The summed E-state index contributed by atoms with van der Waals surface area (Å²) in [5.41, 5.74) is 0.854. The van der Waals surface area contributed by atoms with Crippen molar-refractivity contribution in [2.24, 2.45) is 0 Å². The quantitative estimate of drug-likeness (QED) is 0.905. The zero-order valence-electron chi connectivity index (χ0n) is 12.0. The van der Waals surface area contributed by atoms with Crippen molar-refractivity contribution >= 4 is 17.6 Å². The van der Waals surface area contributed by atoms with Crippen LogP contribution in [-0.4, -0.2) is 24.5 Å². The zero-order valence-corrected chi connectivity index (χ0v) is 12.0. The maximum absolute atomic E-state index is 12.3. The van der Waals surface area contributed by atoms with E-state index < -0.39 is 6.04 Å². The highest BCUT2D eigenvalue weighted by molar-refractivity contribution is 6.01. The lowest BCUT2D eigenvalue weighted by atomic mass is 10.2. The second kappa shape index (κ2) is 6.34. The third-order valence-electron chi connectivity index (χ3n) is 3.58. The van der Waals surface area contributed by atoms with Gasteiger partial charge in [0.15, 0.2) is 0 Å². The van der Waals surface area contributed by atoms with Crippen molar-refractivity contribution in [3.05, 3.63) is 54.5 Å². The maximum Gasteiger partial charge on any atom is 0.315 e. The van der Waals surface area contributed by atoms with Gasteiger partial charge in [0.25, 0.3) is 0 Å². The topological polar surface area (TPSA) is 74.6 Å². The van der Waals surface area contributed by atoms with E-state index in [0.717, 1.165) is 5.69 Å². The normalized spacial score (nSPS) is 17.5. The Labute approximate surface area is 128 Å². The van der Waals surface area contributed by atoms with E-state index in [4.69, 9.17) is 4.42 Å². The van der Waals surface area contributed by atoms with E-state index in [1.54, 1.807) is 23.3 Å². The van der Waals surface area contributed by atoms with E-state index in [0.29, 0.717) is 25.3 Å². The molecule has 114 valence electrons. The second-order valence-corrected chi connectivity index (χ2v) is 5.07. The molecular weight excluding hydrogens is 282 g/mol. The summed E-state index contributed by atoms with van der Waals surface area (Å²) >= 11 is 0. The molecule has 0 radical (unpaired) electrons. The van der Waals surface area contributed by atoms with Crippen LogP contribution in [-0.2, 0) is 11.3 Å². The molecule has 1 fully saturated rings. The van der Waals surface area contributed by atoms with Crippen molar-refractivity contribution in [1.82, 2.24) is 10.6 Å². The highest BCUT2D eigenvalue weighted by atomic mass is 16.3. The number of hydrogen-bond acceptors (Lipinski definition) is 3. The fourth-order valence-electron chi connectivity index (χ4n) is 2.47. The summed E-state index contributed by atoms with van der Waals surface area (Å²) in [6.07, 6.45) is 2.15. The van der Waals surface area contributed by atoms with Crippen LogP contribution >= 0.6 is 0 Å². The van der Waals surface area contributed by atoms with E-state index in [2.05, 4.69) is 10.6 Å². The van der Waals surface area contributed by atoms with Crippen LogP contribution in [0.15, 0.2) is 53.1 Å². The van der Waals surface area contributed by atoms with Gasteiger partial charge in [-0.15, -0.1) is 0 Å². The van der Waals surface area contributed by atoms with Crippen LogP contribution < -0.4 is 15.5 Å². The van der Waals surface area contributed by atoms with Crippen LogP contribution in [0, 0.1) is 0 Å². The number of carbonyl (C=O) groups is 2. The minimum atomic E-state index is -0.489. The average Bonchev–Trinajstić information content (AvgIpc) is 3.17. The molecule has 1 aromatic heterocycles. The minimum absolute atomic E-state index is 0.0839. The van der Waals surface area contributed by atoms with Gasteiger partial charge in [0.05, 0.1) is 12.8 Å². The molecule has 6 nitrogen and oxygen atoms in total. The fourth-order valence-corrected chi connectivity index (χ4v) is 2.47. The van der Waals surface area contributed by atoms with Crippen molar-refractivity contribution in [1.29, 1.82) is 0 Å². The summed E-state index contributed by atoms with van der Waals surface area (Å²) in [7, 11) is 0. The SMILES string of the molecule is O=C(NCc1ccco1)NC1CCN(c2ccccc2)C1=O. The first-order valence-electron chi connectivity index (χ1n) is 7.17. The van der Waals surface area contributed by atoms with Crippen molar-refractivity contribution in [2.75, 3.05) is 11.4 Å². The predicted octanol–water partition coefficient (Wildman–Crippen LogP) is 1.88. The first-order valence-corrected chi connectivity index (χ1v) is 7.17. The monoisotopic (exact) mass is 299 g/mol. The van der Waals surface area contributed by atoms with E-state index >= 15 is 0 Å². The Hall–Kier alpha value is -2.76. The number of amides is 3. The van der Waals surface area contributed by atoms with Crippen LogP contribution in [0.5, 0.6) is 0 Å². The van der Waals surface area contributed by atoms with Crippen molar-refractivity contribution < 1.29 is 14.0 Å². The number of carbonyl (C=O) groups excluding carboxylic acids is 2. The zero-order chi connectivity index (χ0) is 15.4. The molecule has 6 heteroatoms. The Morgan fingerprint density at radius 3 is 2.77 bits per heavy atom. The summed E-state index contributed by atoms with van der Waals surface area (Å²) < 4.78 is 5.13. The second-order valence-electron chi connectivity index (χ2n) is 5.07. The van der Waals surface area contributed by atoms with Crippen molar-refractivity contribution in [2.45, 2.75) is 19.0 Å². The number of nitrogens with zero attached hydrogens (tertiary/aromatic N) is 1. The molecule has 1 atom stereocenters. The van der Waals surface area contributed by atoms with Gasteiger partial charge < -0.3 is 20.0 Å². The molecule has 0 saturated carbocycles. The van der Waals surface area contributed by atoms with E-state index in [1.807, 2.05) is 30.3 Å². The number of nitrogens with one attached hydrogen (secondary N) is 2. The Bertz CT molecular complexity index is 640. The molecule has 2 heterocycles. The number of anilines is 1. The molecule has 1 saturated heterocycles. The molecule has 1 aliphatic heterocycles. The summed E-state index contributed by atoms with van der Waals surface area (Å²) in [6, 6.07) is 12.1. The third kappa shape index (κ3) is 3.11. The summed E-state index contributed by atoms with van der Waals surface area (Å²) in [6.45, 7) is 0.897. The van der Waals surface area contributed by atoms with Gasteiger partial charge in [0.2, 0.25) is 5.91 Å². The van der Waals surface area contributed by atoms with Gasteiger partial charge in [-0.05, 0) is 30.7 Å². The van der Waals surface area contributed by atoms with Gasteiger partial charge in [0.1, 0.15) is 11.8 Å². The first kappa shape index (κ1) is 14.2. The van der Waals surface area contributed by atoms with Gasteiger partial charge in [0, 0.05) is 12.2 Å². The molecule has 1 unspecified atom stereocenters. The summed E-state index contributed by atoms with van der Waals surface area (Å²) in [4.78, 5) is 25.9. The third-order valence-corrected chi connectivity index (χ3v) is 3.58. The van der Waals surface area contributed by atoms with Crippen molar-refractivity contribution in [3.63, 3.8) is 0 Å². The number of para-hydroxylation sites is 1. The highest BCUT2D eigenvalue weighted by Crippen LogP contribution is 2.20. The van der Waals surface area contributed by atoms with Gasteiger partial charge in [-0.2, -0.15) is 0 Å². The van der Waals surface area contributed by atoms with E-state index in [-0.39, 0.29) is 11.9 Å². The van der Waals surface area contributed by atoms with E-state index in [9.17, 15) is 9.59 Å². The molecular formula is C16H17N3O3. The highest BCUT2D eigenvalue weighted by Gasteiger charge is 2.33. The van der Waals surface area contributed by atoms with Gasteiger partial charge in [-0.3, -0.25) is 4.79 Å². The van der Waals surface area contributed by atoms with Gasteiger partial charge in [-0.25, -0.2) is 4.79 Å². The van der Waals surface area contributed by atoms with E-state index in [1.165, 1.54) is 0 Å². The molecule has 22 heavy (non-hydrogen) atoms. The number of hydrogen-bond donors (Lipinski definition) is 2. The van der Waals surface area contributed by atoms with Crippen LogP contribution in [0.2, 0.25) is 0 Å². The van der Waals surface area contributed by atoms with Crippen LogP contribution in [0.25, 0.3) is 0 Å². The average molecular weight is 299 g/mol. The molecule has 1 aliphatic rings. The number of rotatable bonds is 4. The summed E-state index contributed by atoms with van der Waals surface area (Å²) in [5, 5.41) is 5.38. The summed E-state index contributed by atoms with van der Waals surface area (Å²) in [5.74, 6) is 0.582. The molecule has 2 aromatic rings. The van der Waals surface area contributed by atoms with Gasteiger partial charge in [-0.1, -0.05) is 18.2 Å². The number of furan rings is 1. The molecule has 2 N–H and O–H groups in total. The lowest BCUT2D eigenvalue weighted by Gasteiger charge is -2.17. The molecule has 0 spiro atoms. The predicted molar refractivity (Wildman–Crippen MR) is 81.3 cm³/mol. The Morgan fingerprint density at radius 1 is 1.23 bits per heavy atom. The standard InChI is InChI=1S/C16H17N3O3/c20-15-14(8-9-19(15)12-5-2-1-3-6-12)18-16(21)17-11-13-7-4-10-22-13/h1-7,10,14H,8-9,11H2,(H2,17,18,21). The van der Waals surface area contributed by atoms with Crippen molar-refractivity contribution in [3.8, 4) is 0 Å². The number of benzene rings is 1. The first-order chi connectivity index (χ1) is 10.7. The molecule has 3 rings (SSSR count). The Morgan fingerprint density at radius 2 is 2.05 bits per heavy atom. The Balaban J connectivity index is 1.53.